The molecule has 1 amide bonds. The first-order valence-electron chi connectivity index (χ1n) is 7.44. The number of carbonyl (C=O) groups excluding carboxylic acids is 2. The Hall–Kier alpha value is -1.14. The van der Waals surface area contributed by atoms with E-state index in [4.69, 9.17) is 0 Å². The third kappa shape index (κ3) is 4.20. The van der Waals surface area contributed by atoms with Gasteiger partial charge in [0.2, 0.25) is 5.91 Å². The van der Waals surface area contributed by atoms with Crippen molar-refractivity contribution in [2.24, 2.45) is 5.41 Å². The van der Waals surface area contributed by atoms with E-state index < -0.39 is 5.41 Å². The Kier molecular flexibility index (Phi) is 5.45. The minimum Gasteiger partial charge on any atom is -0.300 e. The molecule has 0 spiro atoms. The maximum absolute atomic E-state index is 12.2. The Morgan fingerprint density at radius 2 is 2.18 bits per heavy atom. The van der Waals surface area contributed by atoms with Crippen molar-refractivity contribution >= 4 is 34.8 Å². The van der Waals surface area contributed by atoms with Crippen LogP contribution in [0.25, 0.3) is 0 Å². The van der Waals surface area contributed by atoms with E-state index >= 15 is 0 Å². The van der Waals surface area contributed by atoms with E-state index in [-0.39, 0.29) is 11.7 Å². The second-order valence-corrected chi connectivity index (χ2v) is 8.29. The Morgan fingerprint density at radius 3 is 2.82 bits per heavy atom. The van der Waals surface area contributed by atoms with Gasteiger partial charge >= 0.3 is 0 Å². The highest BCUT2D eigenvalue weighted by atomic mass is 32.2. The molecule has 1 aliphatic heterocycles. The summed E-state index contributed by atoms with van der Waals surface area (Å²) in [4.78, 5) is 30.5. The van der Waals surface area contributed by atoms with Crippen LogP contribution in [-0.4, -0.2) is 27.3 Å². The van der Waals surface area contributed by atoms with Gasteiger partial charge in [-0.25, -0.2) is 4.98 Å². The number of thioether (sulfide) groups is 1. The van der Waals surface area contributed by atoms with E-state index in [9.17, 15) is 9.59 Å². The summed E-state index contributed by atoms with van der Waals surface area (Å²) in [5.41, 5.74) is 0.471. The van der Waals surface area contributed by atoms with E-state index in [1.807, 2.05) is 26.2 Å². The summed E-state index contributed by atoms with van der Waals surface area (Å²) in [7, 11) is 0. The average molecular weight is 338 g/mol. The minimum absolute atomic E-state index is 0.0413. The molecule has 1 aliphatic rings. The molecule has 2 rings (SSSR count). The maximum Gasteiger partial charge on any atom is 0.238 e. The van der Waals surface area contributed by atoms with Crippen LogP contribution in [0.4, 0.5) is 0 Å². The first kappa shape index (κ1) is 17.2. The predicted octanol–water partition coefficient (Wildman–Crippen LogP) is 3.63. The topological polar surface area (TPSA) is 50.3 Å². The zero-order chi connectivity index (χ0) is 16.3. The number of nitrogens with zero attached hydrogens (tertiary/aromatic N) is 2. The van der Waals surface area contributed by atoms with Crippen molar-refractivity contribution in [3.8, 4) is 0 Å². The molecule has 0 aliphatic carbocycles. The zero-order valence-corrected chi connectivity index (χ0v) is 15.1. The number of ketones is 1. The molecule has 1 fully saturated rings. The van der Waals surface area contributed by atoms with Crippen molar-refractivity contribution in [1.29, 1.82) is 0 Å². The molecule has 1 aromatic heterocycles. The smallest absolute Gasteiger partial charge is 0.238 e. The van der Waals surface area contributed by atoms with Gasteiger partial charge in [-0.05, 0) is 12.8 Å². The molecule has 4 nitrogen and oxygen atoms in total. The SMILES string of the molecule is CCCc1nc(CN2C(=O)CSC2=CC(=O)C(C)(C)C)cs1. The van der Waals surface area contributed by atoms with Gasteiger partial charge in [0, 0.05) is 16.9 Å². The summed E-state index contributed by atoms with van der Waals surface area (Å²) >= 11 is 3.07. The van der Waals surface area contributed by atoms with Crippen molar-refractivity contribution in [3.63, 3.8) is 0 Å². The van der Waals surface area contributed by atoms with E-state index in [0.29, 0.717) is 12.3 Å². The molecule has 2 heterocycles. The number of hydrogen-bond donors (Lipinski definition) is 0. The van der Waals surface area contributed by atoms with E-state index in [1.54, 1.807) is 22.3 Å². The summed E-state index contributed by atoms with van der Waals surface area (Å²) in [6.45, 7) is 8.23. The number of amides is 1. The Morgan fingerprint density at radius 1 is 1.45 bits per heavy atom. The second kappa shape index (κ2) is 6.96. The van der Waals surface area contributed by atoms with Crippen LogP contribution >= 0.6 is 23.1 Å². The summed E-state index contributed by atoms with van der Waals surface area (Å²) in [6.07, 6.45) is 3.64. The third-order valence-corrected chi connectivity index (χ3v) is 5.27. The fourth-order valence-corrected chi connectivity index (χ4v) is 3.77. The van der Waals surface area contributed by atoms with Crippen LogP contribution in [0.2, 0.25) is 0 Å². The zero-order valence-electron chi connectivity index (χ0n) is 13.5. The normalized spacial score (nSPS) is 17.5. The molecule has 22 heavy (non-hydrogen) atoms. The minimum atomic E-state index is -0.431. The Labute approximate surface area is 140 Å². The van der Waals surface area contributed by atoms with Crippen LogP contribution in [0.15, 0.2) is 16.5 Å². The largest absolute Gasteiger partial charge is 0.300 e. The summed E-state index contributed by atoms with van der Waals surface area (Å²) in [5.74, 6) is 0.484. The van der Waals surface area contributed by atoms with Crippen LogP contribution in [0.3, 0.4) is 0 Å². The molecule has 0 N–H and O–H groups in total. The molecule has 120 valence electrons. The molecule has 0 radical (unpaired) electrons. The lowest BCUT2D eigenvalue weighted by Crippen LogP contribution is -2.26. The number of thiazole rings is 1. The molecule has 0 bridgehead atoms. The van der Waals surface area contributed by atoms with E-state index in [1.165, 1.54) is 11.8 Å². The van der Waals surface area contributed by atoms with Gasteiger partial charge in [0.25, 0.3) is 0 Å². The van der Waals surface area contributed by atoms with E-state index in [2.05, 4.69) is 11.9 Å². The standard InChI is InChI=1S/C16H22N2O2S2/c1-5-6-13-17-11(9-21-13)8-18-14(20)10-22-15(18)7-12(19)16(2,3)4/h7,9H,5-6,8,10H2,1-4H3. The molecule has 1 saturated heterocycles. The highest BCUT2D eigenvalue weighted by Crippen LogP contribution is 2.32. The number of aromatic nitrogens is 1. The number of allylic oxidation sites excluding steroid dienone is 1. The van der Waals surface area contributed by atoms with Crippen LogP contribution in [0.1, 0.15) is 44.8 Å². The number of aryl methyl sites for hydroxylation is 1. The molecule has 0 atom stereocenters. The van der Waals surface area contributed by atoms with Crippen molar-refractivity contribution in [2.75, 3.05) is 5.75 Å². The molecule has 0 unspecified atom stereocenters. The van der Waals surface area contributed by atoms with Crippen LogP contribution in [-0.2, 0) is 22.6 Å². The van der Waals surface area contributed by atoms with Gasteiger partial charge in [-0.2, -0.15) is 0 Å². The van der Waals surface area contributed by atoms with E-state index in [0.717, 1.165) is 28.6 Å². The second-order valence-electron chi connectivity index (χ2n) is 6.35. The number of carbonyl (C=O) groups is 2. The van der Waals surface area contributed by atoms with Crippen LogP contribution in [0, 0.1) is 5.41 Å². The lowest BCUT2D eigenvalue weighted by Gasteiger charge is -2.18. The summed E-state index contributed by atoms with van der Waals surface area (Å²) in [6, 6.07) is 0. The average Bonchev–Trinajstić information content (AvgIpc) is 3.00. The summed E-state index contributed by atoms with van der Waals surface area (Å²) < 4.78 is 0. The fraction of sp³-hybridized carbons (Fsp3) is 0.562. The molecule has 1 aromatic rings. The predicted molar refractivity (Wildman–Crippen MR) is 91.7 cm³/mol. The summed E-state index contributed by atoms with van der Waals surface area (Å²) in [5, 5.41) is 3.85. The monoisotopic (exact) mass is 338 g/mol. The van der Waals surface area contributed by atoms with Crippen LogP contribution < -0.4 is 0 Å². The number of hydrogen-bond acceptors (Lipinski definition) is 5. The molecular weight excluding hydrogens is 316 g/mol. The Balaban J connectivity index is 2.14. The van der Waals surface area contributed by atoms with Gasteiger partial charge in [0.05, 0.1) is 28.0 Å². The van der Waals surface area contributed by atoms with Crippen molar-refractivity contribution in [1.82, 2.24) is 9.88 Å². The quantitative estimate of drug-likeness (QED) is 0.769. The van der Waals surface area contributed by atoms with Crippen LogP contribution in [0.5, 0.6) is 0 Å². The lowest BCUT2D eigenvalue weighted by molar-refractivity contribution is -0.125. The van der Waals surface area contributed by atoms with Crippen molar-refractivity contribution in [3.05, 3.63) is 27.2 Å². The first-order valence-corrected chi connectivity index (χ1v) is 9.30. The van der Waals surface area contributed by atoms with Gasteiger partial charge in [-0.1, -0.05) is 39.5 Å². The van der Waals surface area contributed by atoms with Gasteiger partial charge < -0.3 is 0 Å². The fourth-order valence-electron chi connectivity index (χ4n) is 1.94. The molecule has 6 heteroatoms. The lowest BCUT2D eigenvalue weighted by atomic mass is 9.91. The Bertz CT molecular complexity index is 600. The van der Waals surface area contributed by atoms with Crippen molar-refractivity contribution < 1.29 is 9.59 Å². The number of rotatable bonds is 5. The highest BCUT2D eigenvalue weighted by Gasteiger charge is 2.29. The molecule has 0 saturated carbocycles. The van der Waals surface area contributed by atoms with Crippen molar-refractivity contribution in [2.45, 2.75) is 47.1 Å². The van der Waals surface area contributed by atoms with Gasteiger partial charge in [-0.15, -0.1) is 11.3 Å². The molecule has 0 aromatic carbocycles. The van der Waals surface area contributed by atoms with Gasteiger partial charge in [0.15, 0.2) is 5.78 Å². The molecular formula is C16H22N2O2S2. The highest BCUT2D eigenvalue weighted by molar-refractivity contribution is 8.04. The van der Waals surface area contributed by atoms with Gasteiger partial charge in [-0.3, -0.25) is 14.5 Å². The maximum atomic E-state index is 12.2. The third-order valence-electron chi connectivity index (χ3n) is 3.29. The van der Waals surface area contributed by atoms with Gasteiger partial charge in [0.1, 0.15) is 0 Å². The first-order chi connectivity index (χ1) is 10.3.